The molecule has 29 heavy (non-hydrogen) atoms. The second-order valence-electron chi connectivity index (χ2n) is 6.74. The lowest BCUT2D eigenvalue weighted by Crippen LogP contribution is -2.39. The summed E-state index contributed by atoms with van der Waals surface area (Å²) in [6.07, 6.45) is -0.266. The van der Waals surface area contributed by atoms with E-state index in [0.29, 0.717) is 22.1 Å². The van der Waals surface area contributed by atoms with Gasteiger partial charge in [0.15, 0.2) is 0 Å². The fraction of sp³-hybridized carbons (Fsp3) is 0.300. The summed E-state index contributed by atoms with van der Waals surface area (Å²) in [7, 11) is 0. The molecule has 0 radical (unpaired) electrons. The topological polar surface area (TPSA) is 139 Å². The van der Waals surface area contributed by atoms with Crippen LogP contribution in [0.15, 0.2) is 25.8 Å². The molecule has 2 amide bonds. The van der Waals surface area contributed by atoms with Gasteiger partial charge in [-0.1, -0.05) is 0 Å². The highest BCUT2D eigenvalue weighted by atomic mass is 16.4. The van der Waals surface area contributed by atoms with Gasteiger partial charge in [-0.15, -0.1) is 0 Å². The summed E-state index contributed by atoms with van der Waals surface area (Å²) < 4.78 is 11.1. The average molecular weight is 400 g/mol. The van der Waals surface area contributed by atoms with E-state index in [0.717, 1.165) is 16.7 Å². The Bertz CT molecular complexity index is 1200. The Morgan fingerprint density at radius 1 is 0.897 bits per heavy atom. The summed E-state index contributed by atoms with van der Waals surface area (Å²) in [5.41, 5.74) is 2.14. The minimum atomic E-state index is -1.19. The first-order valence-corrected chi connectivity index (χ1v) is 8.88. The highest BCUT2D eigenvalue weighted by Gasteiger charge is 2.18. The lowest BCUT2D eigenvalue weighted by Gasteiger charge is -2.09. The van der Waals surface area contributed by atoms with E-state index in [4.69, 9.17) is 13.9 Å². The quantitative estimate of drug-likeness (QED) is 0.530. The number of aliphatic carboxylic acids is 1. The van der Waals surface area contributed by atoms with Crippen LogP contribution >= 0.6 is 0 Å². The largest absolute Gasteiger partial charge is 0.480 e. The molecule has 152 valence electrons. The van der Waals surface area contributed by atoms with Gasteiger partial charge in [0.25, 0.3) is 0 Å². The zero-order valence-electron chi connectivity index (χ0n) is 16.2. The Balaban J connectivity index is 1.83. The van der Waals surface area contributed by atoms with E-state index in [1.807, 2.05) is 19.9 Å². The number of nitrogens with one attached hydrogen (secondary N) is 2. The van der Waals surface area contributed by atoms with Crippen molar-refractivity contribution in [2.24, 2.45) is 0 Å². The summed E-state index contributed by atoms with van der Waals surface area (Å²) in [5.74, 6) is -1.61. The van der Waals surface area contributed by atoms with E-state index in [9.17, 15) is 19.2 Å². The van der Waals surface area contributed by atoms with Crippen LogP contribution in [0.3, 0.4) is 0 Å². The van der Waals surface area contributed by atoms with E-state index < -0.39 is 36.5 Å². The molecule has 0 fully saturated rings. The van der Waals surface area contributed by atoms with Crippen molar-refractivity contribution in [3.8, 4) is 0 Å². The highest BCUT2D eigenvalue weighted by molar-refractivity contribution is 5.97. The lowest BCUT2D eigenvalue weighted by atomic mass is 10.0. The summed E-state index contributed by atoms with van der Waals surface area (Å²) in [4.78, 5) is 46.5. The van der Waals surface area contributed by atoms with E-state index in [2.05, 4.69) is 10.6 Å². The van der Waals surface area contributed by atoms with Gasteiger partial charge in [-0.25, -0.2) is 4.79 Å². The van der Waals surface area contributed by atoms with E-state index >= 15 is 0 Å². The molecule has 9 nitrogen and oxygen atoms in total. The Hall–Kier alpha value is -3.62. The molecule has 0 saturated heterocycles. The van der Waals surface area contributed by atoms with Crippen LogP contribution in [0.5, 0.6) is 0 Å². The number of carboxylic acid groups (broad SMARTS) is 1. The van der Waals surface area contributed by atoms with Crippen LogP contribution in [0.1, 0.15) is 22.5 Å². The Labute approximate surface area is 164 Å². The zero-order valence-corrected chi connectivity index (χ0v) is 16.2. The molecule has 3 N–H and O–H groups in total. The molecule has 0 aliphatic carbocycles. The molecule has 3 aromatic rings. The van der Waals surface area contributed by atoms with Crippen molar-refractivity contribution in [3.63, 3.8) is 0 Å². The van der Waals surface area contributed by atoms with E-state index in [1.165, 1.54) is 0 Å². The number of aryl methyl sites for hydroxylation is 3. The Kier molecular flexibility index (Phi) is 5.40. The third-order valence-corrected chi connectivity index (χ3v) is 4.80. The standard InChI is InChI=1S/C20H20N2O7/c1-9-11(3)28-15-6-16-13(4-12(9)15)10(2)14(20(27)29-16)5-17(23)21-7-18(24)22-8-19(25)26/h4,6H,5,7-8H2,1-3H3,(H,21,23)(H,22,24)(H,25,26). The minimum absolute atomic E-state index is 0.193. The van der Waals surface area contributed by atoms with Crippen molar-refractivity contribution in [1.29, 1.82) is 0 Å². The summed E-state index contributed by atoms with van der Waals surface area (Å²) in [5, 5.41) is 14.6. The van der Waals surface area contributed by atoms with Crippen LogP contribution in [-0.2, 0) is 20.8 Å². The van der Waals surface area contributed by atoms with Crippen LogP contribution in [-0.4, -0.2) is 36.0 Å². The molecule has 0 aliphatic heterocycles. The number of fused-ring (bicyclic) bond motifs is 2. The molecular formula is C20H20N2O7. The molecule has 2 heterocycles. The first-order valence-electron chi connectivity index (χ1n) is 8.88. The first-order chi connectivity index (χ1) is 13.7. The van der Waals surface area contributed by atoms with Crippen molar-refractivity contribution in [2.45, 2.75) is 27.2 Å². The average Bonchev–Trinajstić information content (AvgIpc) is 2.93. The minimum Gasteiger partial charge on any atom is -0.480 e. The van der Waals surface area contributed by atoms with Crippen LogP contribution in [0.4, 0.5) is 0 Å². The van der Waals surface area contributed by atoms with Crippen LogP contribution in [0.2, 0.25) is 0 Å². The Morgan fingerprint density at radius 3 is 2.21 bits per heavy atom. The molecular weight excluding hydrogens is 380 g/mol. The molecule has 1 aromatic carbocycles. The van der Waals surface area contributed by atoms with Crippen molar-refractivity contribution in [2.75, 3.05) is 13.1 Å². The van der Waals surface area contributed by atoms with Gasteiger partial charge in [0, 0.05) is 16.8 Å². The number of carbonyl (C=O) groups is 3. The second kappa shape index (κ2) is 7.78. The molecule has 0 spiro atoms. The van der Waals surface area contributed by atoms with E-state index in [-0.39, 0.29) is 12.0 Å². The molecule has 0 aliphatic rings. The molecule has 3 rings (SSSR count). The fourth-order valence-corrected chi connectivity index (χ4v) is 3.07. The maximum atomic E-state index is 12.4. The normalized spacial score (nSPS) is 11.0. The van der Waals surface area contributed by atoms with Crippen LogP contribution in [0, 0.1) is 20.8 Å². The number of hydrogen-bond acceptors (Lipinski definition) is 6. The first kappa shape index (κ1) is 20.1. The van der Waals surface area contributed by atoms with Crippen molar-refractivity contribution < 1.29 is 28.3 Å². The van der Waals surface area contributed by atoms with Gasteiger partial charge in [-0.2, -0.15) is 0 Å². The lowest BCUT2D eigenvalue weighted by molar-refractivity contribution is -0.137. The summed E-state index contributed by atoms with van der Waals surface area (Å²) >= 11 is 0. The van der Waals surface area contributed by atoms with Crippen LogP contribution < -0.4 is 16.3 Å². The van der Waals surface area contributed by atoms with Gasteiger partial charge >= 0.3 is 11.6 Å². The Morgan fingerprint density at radius 2 is 1.52 bits per heavy atom. The number of carboxylic acids is 1. The molecule has 9 heteroatoms. The van der Waals surface area contributed by atoms with Gasteiger partial charge in [-0.05, 0) is 38.0 Å². The van der Waals surface area contributed by atoms with Gasteiger partial charge in [0.05, 0.1) is 18.5 Å². The third-order valence-electron chi connectivity index (χ3n) is 4.80. The molecule has 0 bridgehead atoms. The molecule has 2 aromatic heterocycles. The van der Waals surface area contributed by atoms with Gasteiger partial charge in [-0.3, -0.25) is 14.4 Å². The van der Waals surface area contributed by atoms with Gasteiger partial charge < -0.3 is 24.6 Å². The third kappa shape index (κ3) is 4.13. The number of carbonyl (C=O) groups excluding carboxylic acids is 2. The number of rotatable bonds is 6. The number of amides is 2. The number of furan rings is 1. The number of benzene rings is 1. The summed E-state index contributed by atoms with van der Waals surface area (Å²) in [6, 6.07) is 3.53. The van der Waals surface area contributed by atoms with Crippen molar-refractivity contribution in [3.05, 3.63) is 45.0 Å². The predicted molar refractivity (Wildman–Crippen MR) is 104 cm³/mol. The predicted octanol–water partition coefficient (Wildman–Crippen LogP) is 1.32. The van der Waals surface area contributed by atoms with E-state index in [1.54, 1.807) is 13.0 Å². The SMILES string of the molecule is Cc1oc2cc3oc(=O)c(CC(=O)NCC(=O)NCC(=O)O)c(C)c3cc2c1C. The maximum absolute atomic E-state index is 12.4. The summed E-state index contributed by atoms with van der Waals surface area (Å²) in [6.45, 7) is 4.59. The maximum Gasteiger partial charge on any atom is 0.340 e. The second-order valence-corrected chi connectivity index (χ2v) is 6.74. The van der Waals surface area contributed by atoms with Gasteiger partial charge in [0.2, 0.25) is 11.8 Å². The smallest absolute Gasteiger partial charge is 0.340 e. The molecule has 0 unspecified atom stereocenters. The molecule has 0 atom stereocenters. The zero-order chi connectivity index (χ0) is 21.3. The van der Waals surface area contributed by atoms with Crippen molar-refractivity contribution >= 4 is 39.7 Å². The fourth-order valence-electron chi connectivity index (χ4n) is 3.07. The highest BCUT2D eigenvalue weighted by Crippen LogP contribution is 2.30. The van der Waals surface area contributed by atoms with Gasteiger partial charge in [0.1, 0.15) is 23.5 Å². The monoisotopic (exact) mass is 400 g/mol. The van der Waals surface area contributed by atoms with Crippen LogP contribution in [0.25, 0.3) is 21.9 Å². The molecule has 0 saturated carbocycles. The number of hydrogen-bond donors (Lipinski definition) is 3. The van der Waals surface area contributed by atoms with Crippen molar-refractivity contribution in [1.82, 2.24) is 10.6 Å².